The second-order valence-electron chi connectivity index (χ2n) is 3.69. The van der Waals surface area contributed by atoms with Crippen LogP contribution in [0.1, 0.15) is 10.6 Å². The molecule has 0 saturated heterocycles. The molecule has 2 rings (SSSR count). The van der Waals surface area contributed by atoms with Crippen molar-refractivity contribution in [3.63, 3.8) is 0 Å². The van der Waals surface area contributed by atoms with Crippen molar-refractivity contribution in [2.45, 2.75) is 13.0 Å². The fourth-order valence-corrected chi connectivity index (χ4v) is 2.63. The Bertz CT molecular complexity index is 556. The number of hydrogen-bond donors (Lipinski definition) is 0. The normalized spacial score (nSPS) is 10.2. The van der Waals surface area contributed by atoms with Gasteiger partial charge in [0.15, 0.2) is 4.47 Å². The second-order valence-corrected chi connectivity index (χ2v) is 5.36. The minimum atomic E-state index is -0.318. The number of para-hydroxylation sites is 1. The van der Waals surface area contributed by atoms with Crippen molar-refractivity contribution >= 4 is 28.9 Å². The van der Waals surface area contributed by atoms with Crippen LogP contribution < -0.4 is 4.74 Å². The number of rotatable bonds is 5. The Balaban J connectivity index is 2.05. The van der Waals surface area contributed by atoms with E-state index in [9.17, 15) is 4.79 Å². The van der Waals surface area contributed by atoms with Gasteiger partial charge in [-0.05, 0) is 12.1 Å². The Morgan fingerprint density at radius 2 is 2.11 bits per heavy atom. The van der Waals surface area contributed by atoms with Gasteiger partial charge in [0.05, 0.1) is 19.2 Å². The first kappa shape index (κ1) is 13.8. The maximum absolute atomic E-state index is 11.3. The summed E-state index contributed by atoms with van der Waals surface area (Å²) in [5, 5.41) is 0. The van der Waals surface area contributed by atoms with Gasteiger partial charge in [0.2, 0.25) is 0 Å². The second kappa shape index (κ2) is 6.54. The lowest BCUT2D eigenvalue weighted by atomic mass is 10.3. The van der Waals surface area contributed by atoms with Crippen molar-refractivity contribution in [3.05, 3.63) is 45.4 Å². The molecule has 6 heteroatoms. The van der Waals surface area contributed by atoms with E-state index in [1.54, 1.807) is 0 Å². The van der Waals surface area contributed by atoms with E-state index in [1.807, 2.05) is 30.3 Å². The van der Waals surface area contributed by atoms with Gasteiger partial charge in [0.1, 0.15) is 12.4 Å². The SMILES string of the molecule is COC(=O)Cc1sc(Cl)nc1COc1ccccc1. The van der Waals surface area contributed by atoms with E-state index in [0.717, 1.165) is 10.6 Å². The zero-order valence-corrected chi connectivity index (χ0v) is 11.8. The third-order valence-corrected chi connectivity index (χ3v) is 3.61. The Labute approximate surface area is 120 Å². The number of ether oxygens (including phenoxy) is 2. The Kier molecular flexibility index (Phi) is 4.76. The minimum absolute atomic E-state index is 0.161. The average Bonchev–Trinajstić information content (AvgIpc) is 2.77. The van der Waals surface area contributed by atoms with Crippen molar-refractivity contribution in [1.29, 1.82) is 0 Å². The van der Waals surface area contributed by atoms with Crippen LogP contribution in [0.5, 0.6) is 5.75 Å². The van der Waals surface area contributed by atoms with Gasteiger partial charge < -0.3 is 9.47 Å². The first-order chi connectivity index (χ1) is 9.19. The number of halogens is 1. The molecular weight excluding hydrogens is 286 g/mol. The summed E-state index contributed by atoms with van der Waals surface area (Å²) in [7, 11) is 1.35. The van der Waals surface area contributed by atoms with Crippen LogP contribution in [0, 0.1) is 0 Å². The van der Waals surface area contributed by atoms with Gasteiger partial charge in [-0.15, -0.1) is 11.3 Å². The molecule has 0 aliphatic carbocycles. The summed E-state index contributed by atoms with van der Waals surface area (Å²) in [4.78, 5) is 16.2. The number of hydrogen-bond acceptors (Lipinski definition) is 5. The van der Waals surface area contributed by atoms with Crippen molar-refractivity contribution < 1.29 is 14.3 Å². The monoisotopic (exact) mass is 297 g/mol. The number of thiazole rings is 1. The van der Waals surface area contributed by atoms with Gasteiger partial charge in [-0.1, -0.05) is 29.8 Å². The molecule has 0 radical (unpaired) electrons. The molecule has 4 nitrogen and oxygen atoms in total. The maximum atomic E-state index is 11.3. The molecule has 100 valence electrons. The molecule has 1 aromatic heterocycles. The fourth-order valence-electron chi connectivity index (χ4n) is 1.47. The molecule has 0 spiro atoms. The number of methoxy groups -OCH3 is 1. The van der Waals surface area contributed by atoms with Crippen LogP contribution in [0.15, 0.2) is 30.3 Å². The van der Waals surface area contributed by atoms with Gasteiger partial charge in [0, 0.05) is 4.88 Å². The summed E-state index contributed by atoms with van der Waals surface area (Å²) in [6.45, 7) is 0.277. The highest BCUT2D eigenvalue weighted by Gasteiger charge is 2.14. The van der Waals surface area contributed by atoms with Crippen LogP contribution >= 0.6 is 22.9 Å². The van der Waals surface area contributed by atoms with Crippen molar-refractivity contribution in [2.75, 3.05) is 7.11 Å². The zero-order valence-electron chi connectivity index (χ0n) is 10.3. The smallest absolute Gasteiger partial charge is 0.310 e. The van der Waals surface area contributed by atoms with Crippen LogP contribution in [0.4, 0.5) is 0 Å². The van der Waals surface area contributed by atoms with Crippen molar-refractivity contribution in [1.82, 2.24) is 4.98 Å². The van der Waals surface area contributed by atoms with Gasteiger partial charge in [-0.25, -0.2) is 4.98 Å². The average molecular weight is 298 g/mol. The molecule has 19 heavy (non-hydrogen) atoms. The largest absolute Gasteiger partial charge is 0.487 e. The van der Waals surface area contributed by atoms with E-state index in [-0.39, 0.29) is 19.0 Å². The number of aromatic nitrogens is 1. The summed E-state index contributed by atoms with van der Waals surface area (Å²) < 4.78 is 10.6. The van der Waals surface area contributed by atoms with Gasteiger partial charge in [-0.3, -0.25) is 4.79 Å². The lowest BCUT2D eigenvalue weighted by molar-refractivity contribution is -0.139. The number of esters is 1. The van der Waals surface area contributed by atoms with E-state index in [1.165, 1.54) is 18.4 Å². The van der Waals surface area contributed by atoms with E-state index in [4.69, 9.17) is 16.3 Å². The lowest BCUT2D eigenvalue weighted by Gasteiger charge is -2.05. The molecule has 0 fully saturated rings. The molecule has 1 aromatic carbocycles. The van der Waals surface area contributed by atoms with Gasteiger partial charge in [-0.2, -0.15) is 0 Å². The zero-order chi connectivity index (χ0) is 13.7. The van der Waals surface area contributed by atoms with Gasteiger partial charge in [0.25, 0.3) is 0 Å². The molecule has 2 aromatic rings. The molecule has 0 bridgehead atoms. The quantitative estimate of drug-likeness (QED) is 0.796. The lowest BCUT2D eigenvalue weighted by Crippen LogP contribution is -2.06. The fraction of sp³-hybridized carbons (Fsp3) is 0.231. The van der Waals surface area contributed by atoms with Crippen LogP contribution in [0.25, 0.3) is 0 Å². The predicted octanol–water partition coefficient (Wildman–Crippen LogP) is 3.09. The predicted molar refractivity (Wildman–Crippen MR) is 73.6 cm³/mol. The van der Waals surface area contributed by atoms with Crippen LogP contribution in [0.2, 0.25) is 4.47 Å². The summed E-state index contributed by atoms with van der Waals surface area (Å²) in [6.07, 6.45) is 0.161. The third-order valence-electron chi connectivity index (χ3n) is 2.40. The minimum Gasteiger partial charge on any atom is -0.487 e. The van der Waals surface area contributed by atoms with E-state index >= 15 is 0 Å². The summed E-state index contributed by atoms with van der Waals surface area (Å²) in [6, 6.07) is 9.40. The summed E-state index contributed by atoms with van der Waals surface area (Å²) in [5.74, 6) is 0.428. The van der Waals surface area contributed by atoms with Crippen molar-refractivity contribution in [2.24, 2.45) is 0 Å². The number of carbonyl (C=O) groups is 1. The maximum Gasteiger partial charge on any atom is 0.310 e. The highest BCUT2D eigenvalue weighted by atomic mass is 35.5. The molecule has 0 atom stereocenters. The highest BCUT2D eigenvalue weighted by molar-refractivity contribution is 7.15. The number of carbonyl (C=O) groups excluding carboxylic acids is 1. The highest BCUT2D eigenvalue weighted by Crippen LogP contribution is 2.25. The Morgan fingerprint density at radius 1 is 1.37 bits per heavy atom. The molecule has 1 heterocycles. The topological polar surface area (TPSA) is 48.4 Å². The summed E-state index contributed by atoms with van der Waals surface area (Å²) in [5.41, 5.74) is 0.671. The molecular formula is C13H12ClNO3S. The molecule has 0 aliphatic heterocycles. The molecule has 0 unspecified atom stereocenters. The molecule has 0 N–H and O–H groups in total. The van der Waals surface area contributed by atoms with Crippen LogP contribution in [0.3, 0.4) is 0 Å². The molecule has 0 amide bonds. The first-order valence-corrected chi connectivity index (χ1v) is 6.77. The first-order valence-electron chi connectivity index (χ1n) is 5.58. The molecule has 0 aliphatic rings. The van der Waals surface area contributed by atoms with Crippen LogP contribution in [-0.2, 0) is 22.6 Å². The van der Waals surface area contributed by atoms with E-state index in [0.29, 0.717) is 10.2 Å². The van der Waals surface area contributed by atoms with E-state index < -0.39 is 0 Å². The van der Waals surface area contributed by atoms with Crippen LogP contribution in [-0.4, -0.2) is 18.1 Å². The van der Waals surface area contributed by atoms with E-state index in [2.05, 4.69) is 9.72 Å². The van der Waals surface area contributed by atoms with Crippen molar-refractivity contribution in [3.8, 4) is 5.75 Å². The van der Waals surface area contributed by atoms with Gasteiger partial charge >= 0.3 is 5.97 Å². The third kappa shape index (κ3) is 3.94. The standard InChI is InChI=1S/C13H12ClNO3S/c1-17-12(16)7-11-10(15-13(14)19-11)8-18-9-5-3-2-4-6-9/h2-6H,7-8H2,1H3. The number of nitrogens with zero attached hydrogens (tertiary/aromatic N) is 1. The number of benzene rings is 1. The Hall–Kier alpha value is -1.59. The Morgan fingerprint density at radius 3 is 2.79 bits per heavy atom. The summed E-state index contributed by atoms with van der Waals surface area (Å²) >= 11 is 7.14. The molecule has 0 saturated carbocycles.